The number of rotatable bonds is 8. The van der Waals surface area contributed by atoms with E-state index in [2.05, 4.69) is 0 Å². The van der Waals surface area contributed by atoms with E-state index in [-0.39, 0.29) is 18.0 Å². The van der Waals surface area contributed by atoms with Crippen molar-refractivity contribution in [1.29, 1.82) is 0 Å². The predicted molar refractivity (Wildman–Crippen MR) is 155 cm³/mol. The van der Waals surface area contributed by atoms with Gasteiger partial charge in [-0.25, -0.2) is 0 Å². The lowest BCUT2D eigenvalue weighted by atomic mass is 9.90. The predicted octanol–water partition coefficient (Wildman–Crippen LogP) is 4.63. The number of pyridine rings is 1. The van der Waals surface area contributed by atoms with E-state index >= 15 is 0 Å². The van der Waals surface area contributed by atoms with Gasteiger partial charge in [-0.3, -0.25) is 9.59 Å². The van der Waals surface area contributed by atoms with E-state index < -0.39 is 5.60 Å². The number of nitrogens with two attached hydrogens (primary N) is 1. The third-order valence-corrected chi connectivity index (χ3v) is 7.67. The van der Waals surface area contributed by atoms with Gasteiger partial charge in [0.1, 0.15) is 0 Å². The first-order valence-corrected chi connectivity index (χ1v) is 13.6. The summed E-state index contributed by atoms with van der Waals surface area (Å²) in [6, 6.07) is 29.5. The summed E-state index contributed by atoms with van der Waals surface area (Å²) < 4.78 is 1.61. The normalized spacial score (nSPS) is 14.8. The van der Waals surface area contributed by atoms with Crippen LogP contribution in [0.2, 0.25) is 0 Å². The molecule has 0 aliphatic carbocycles. The van der Waals surface area contributed by atoms with Gasteiger partial charge in [0.25, 0.3) is 5.56 Å². The summed E-state index contributed by atoms with van der Waals surface area (Å²) in [6.45, 7) is 1.56. The molecule has 4 aromatic rings. The average molecular weight is 522 g/mol. The average Bonchev–Trinajstić information content (AvgIpc) is 2.98. The van der Waals surface area contributed by atoms with Crippen molar-refractivity contribution in [1.82, 2.24) is 9.47 Å². The molecule has 1 amide bonds. The Morgan fingerprint density at radius 1 is 0.821 bits per heavy atom. The first-order valence-electron chi connectivity index (χ1n) is 13.6. The summed E-state index contributed by atoms with van der Waals surface area (Å²) in [7, 11) is 0. The fourth-order valence-corrected chi connectivity index (χ4v) is 5.35. The van der Waals surface area contributed by atoms with Gasteiger partial charge in [0, 0.05) is 43.9 Å². The lowest BCUT2D eigenvalue weighted by Gasteiger charge is -2.38. The van der Waals surface area contributed by atoms with Crippen LogP contribution >= 0.6 is 0 Å². The molecule has 2 heterocycles. The molecule has 3 N–H and O–H groups in total. The van der Waals surface area contributed by atoms with Gasteiger partial charge in [0.15, 0.2) is 0 Å². The Kier molecular flexibility index (Phi) is 8.05. The van der Waals surface area contributed by atoms with Gasteiger partial charge in [-0.2, -0.15) is 0 Å². The summed E-state index contributed by atoms with van der Waals surface area (Å²) in [4.78, 5) is 27.9. The molecule has 0 spiro atoms. The number of carbonyl (C=O) groups is 1. The van der Waals surface area contributed by atoms with Crippen molar-refractivity contribution in [2.45, 2.75) is 44.4 Å². The second-order valence-corrected chi connectivity index (χ2v) is 10.4. The first-order chi connectivity index (χ1) is 18.9. The molecule has 39 heavy (non-hydrogen) atoms. The molecular formula is C33H35N3O3. The third-order valence-electron chi connectivity index (χ3n) is 7.67. The molecule has 0 unspecified atom stereocenters. The first kappa shape index (κ1) is 26.6. The molecule has 3 aromatic carbocycles. The third kappa shape index (κ3) is 6.36. The van der Waals surface area contributed by atoms with Gasteiger partial charge in [-0.15, -0.1) is 0 Å². The Morgan fingerprint density at radius 3 is 2.15 bits per heavy atom. The second-order valence-electron chi connectivity index (χ2n) is 10.4. The quantitative estimate of drug-likeness (QED) is 0.354. The van der Waals surface area contributed by atoms with E-state index in [4.69, 9.17) is 5.73 Å². The highest BCUT2D eigenvalue weighted by Crippen LogP contribution is 2.32. The maximum Gasteiger partial charge on any atom is 0.251 e. The number of likely N-dealkylation sites (tertiary alicyclic amines) is 1. The molecule has 6 heteroatoms. The van der Waals surface area contributed by atoms with Crippen LogP contribution in [0.4, 0.5) is 0 Å². The van der Waals surface area contributed by atoms with Crippen LogP contribution in [0, 0.1) is 0 Å². The number of hydrogen-bond donors (Lipinski definition) is 2. The number of nitrogens with zero attached hydrogens (tertiary/aromatic N) is 2. The van der Waals surface area contributed by atoms with Gasteiger partial charge >= 0.3 is 0 Å². The topological polar surface area (TPSA) is 88.6 Å². The Hall–Kier alpha value is -4.00. The number of hydrogen-bond acceptors (Lipinski definition) is 4. The van der Waals surface area contributed by atoms with Crippen molar-refractivity contribution < 1.29 is 9.90 Å². The van der Waals surface area contributed by atoms with E-state index in [1.165, 1.54) is 0 Å². The lowest BCUT2D eigenvalue weighted by Crippen LogP contribution is -2.49. The van der Waals surface area contributed by atoms with Crippen LogP contribution in [0.3, 0.4) is 0 Å². The number of aryl methyl sites for hydroxylation is 1. The number of amides is 1. The highest BCUT2D eigenvalue weighted by molar-refractivity contribution is 5.83. The van der Waals surface area contributed by atoms with Gasteiger partial charge in [-0.05, 0) is 53.1 Å². The maximum atomic E-state index is 13.3. The SMILES string of the molecule is NCc1cccc(-c2cn(CC3(O)CCN(C(=O)CCc4ccccc4)CC3)c(=O)cc2-c2ccccc2)c1. The molecular weight excluding hydrogens is 486 g/mol. The van der Waals surface area contributed by atoms with Crippen molar-refractivity contribution in [2.24, 2.45) is 5.73 Å². The molecule has 1 aliphatic heterocycles. The summed E-state index contributed by atoms with van der Waals surface area (Å²) in [5.41, 5.74) is 10.5. The van der Waals surface area contributed by atoms with Gasteiger partial charge in [-0.1, -0.05) is 78.9 Å². The number of aromatic nitrogens is 1. The Morgan fingerprint density at radius 2 is 1.46 bits per heavy atom. The molecule has 5 rings (SSSR count). The zero-order chi connectivity index (χ0) is 27.2. The van der Waals surface area contributed by atoms with Crippen LogP contribution in [-0.4, -0.2) is 39.2 Å². The largest absolute Gasteiger partial charge is 0.388 e. The molecule has 0 saturated carbocycles. The summed E-state index contributed by atoms with van der Waals surface area (Å²) in [5.74, 6) is 0.104. The minimum absolute atomic E-state index is 0.104. The number of aliphatic hydroxyl groups is 1. The van der Waals surface area contributed by atoms with E-state index in [1.807, 2.05) is 96.0 Å². The second kappa shape index (κ2) is 11.8. The van der Waals surface area contributed by atoms with Crippen LogP contribution in [0.25, 0.3) is 22.3 Å². The summed E-state index contributed by atoms with van der Waals surface area (Å²) in [5, 5.41) is 11.5. The molecule has 1 saturated heterocycles. The highest BCUT2D eigenvalue weighted by Gasteiger charge is 2.34. The monoisotopic (exact) mass is 521 g/mol. The van der Waals surface area contributed by atoms with E-state index in [9.17, 15) is 14.7 Å². The Bertz CT molecular complexity index is 1470. The zero-order valence-electron chi connectivity index (χ0n) is 22.1. The molecule has 0 bridgehead atoms. The van der Waals surface area contributed by atoms with Crippen LogP contribution in [-0.2, 0) is 24.3 Å². The smallest absolute Gasteiger partial charge is 0.251 e. The highest BCUT2D eigenvalue weighted by atomic mass is 16.3. The van der Waals surface area contributed by atoms with E-state index in [0.717, 1.165) is 33.4 Å². The van der Waals surface area contributed by atoms with Crippen LogP contribution in [0.15, 0.2) is 102 Å². The molecule has 0 radical (unpaired) electrons. The molecule has 6 nitrogen and oxygen atoms in total. The van der Waals surface area contributed by atoms with Crippen LogP contribution in [0.1, 0.15) is 30.4 Å². The van der Waals surface area contributed by atoms with E-state index in [0.29, 0.717) is 45.3 Å². The van der Waals surface area contributed by atoms with E-state index in [1.54, 1.807) is 10.6 Å². The zero-order valence-corrected chi connectivity index (χ0v) is 22.1. The van der Waals surface area contributed by atoms with Crippen molar-refractivity contribution in [3.63, 3.8) is 0 Å². The van der Waals surface area contributed by atoms with Gasteiger partial charge in [0.05, 0.1) is 12.1 Å². The molecule has 1 aromatic heterocycles. The summed E-state index contributed by atoms with van der Waals surface area (Å²) >= 11 is 0. The standard InChI is InChI=1S/C33H35N3O3/c34-22-26-10-7-13-28(20-26)30-23-36(32(38)21-29(30)27-11-5-2-6-12-27)24-33(39)16-18-35(19-17-33)31(37)15-14-25-8-3-1-4-9-25/h1-13,20-21,23,39H,14-19,22,24,34H2. The number of carbonyl (C=O) groups excluding carboxylic acids is 1. The fraction of sp³-hybridized carbons (Fsp3) is 0.273. The number of benzene rings is 3. The van der Waals surface area contributed by atoms with Crippen LogP contribution in [0.5, 0.6) is 0 Å². The van der Waals surface area contributed by atoms with Crippen molar-refractivity contribution >= 4 is 5.91 Å². The Balaban J connectivity index is 1.34. The van der Waals surface area contributed by atoms with Crippen LogP contribution < -0.4 is 11.3 Å². The fourth-order valence-electron chi connectivity index (χ4n) is 5.35. The molecule has 200 valence electrons. The molecule has 0 atom stereocenters. The van der Waals surface area contributed by atoms with Crippen molar-refractivity contribution in [2.75, 3.05) is 13.1 Å². The summed E-state index contributed by atoms with van der Waals surface area (Å²) in [6.07, 6.45) is 3.87. The minimum Gasteiger partial charge on any atom is -0.388 e. The maximum absolute atomic E-state index is 13.3. The lowest BCUT2D eigenvalue weighted by molar-refractivity contribution is -0.135. The number of piperidine rings is 1. The van der Waals surface area contributed by atoms with Crippen molar-refractivity contribution in [3.05, 3.63) is 119 Å². The molecule has 1 fully saturated rings. The molecule has 1 aliphatic rings. The minimum atomic E-state index is -1.06. The Labute approximate surface area is 229 Å². The van der Waals surface area contributed by atoms with Gasteiger partial charge in [0.2, 0.25) is 5.91 Å². The van der Waals surface area contributed by atoms with Crippen molar-refractivity contribution in [3.8, 4) is 22.3 Å². The van der Waals surface area contributed by atoms with Gasteiger partial charge < -0.3 is 20.3 Å².